The molecule has 0 amide bonds. The smallest absolute Gasteiger partial charge is 0.0601 e. The maximum Gasteiger partial charge on any atom is 0.0601 e. The number of aliphatic hydroxyl groups excluding tert-OH is 1. The fraction of sp³-hybridized carbons (Fsp3) is 0.600. The molecule has 2 unspecified atom stereocenters. The predicted octanol–water partition coefficient (Wildman–Crippen LogP) is 1.85. The molecule has 1 aliphatic heterocycles. The molecule has 0 radical (unpaired) electrons. The predicted molar refractivity (Wildman–Crippen MR) is 76.2 cm³/mol. The average Bonchev–Trinajstić information content (AvgIpc) is 2.51. The van der Waals surface area contributed by atoms with Crippen molar-refractivity contribution in [3.05, 3.63) is 29.3 Å². The fourth-order valence-electron chi connectivity index (χ4n) is 2.72. The highest BCUT2D eigenvalue weighted by Gasteiger charge is 2.23. The van der Waals surface area contributed by atoms with Gasteiger partial charge in [-0.1, -0.05) is 17.7 Å². The van der Waals surface area contributed by atoms with Crippen molar-refractivity contribution in [3.8, 4) is 0 Å². The lowest BCUT2D eigenvalue weighted by Crippen LogP contribution is -2.42. The van der Waals surface area contributed by atoms with E-state index in [1.807, 2.05) is 0 Å². The second kappa shape index (κ2) is 5.72. The molecule has 0 spiro atoms. The van der Waals surface area contributed by atoms with E-state index in [0.717, 1.165) is 19.5 Å². The summed E-state index contributed by atoms with van der Waals surface area (Å²) in [5.41, 5.74) is 3.92. The summed E-state index contributed by atoms with van der Waals surface area (Å²) in [4.78, 5) is 2.43. The summed E-state index contributed by atoms with van der Waals surface area (Å²) in [6.07, 6.45) is 1.11. The van der Waals surface area contributed by atoms with Crippen LogP contribution in [0.4, 0.5) is 5.69 Å². The molecule has 0 saturated carbocycles. The van der Waals surface area contributed by atoms with Crippen molar-refractivity contribution in [2.45, 2.75) is 39.3 Å². The molecule has 18 heavy (non-hydrogen) atoms. The van der Waals surface area contributed by atoms with Crippen LogP contribution >= 0.6 is 0 Å². The third-order valence-corrected chi connectivity index (χ3v) is 3.83. The van der Waals surface area contributed by atoms with Crippen LogP contribution in [-0.2, 0) is 0 Å². The van der Waals surface area contributed by atoms with Crippen molar-refractivity contribution in [2.75, 3.05) is 24.6 Å². The van der Waals surface area contributed by atoms with Gasteiger partial charge in [0, 0.05) is 24.3 Å². The lowest BCUT2D eigenvalue weighted by Gasteiger charge is -2.32. The Morgan fingerprint density at radius 2 is 2.17 bits per heavy atom. The minimum absolute atomic E-state index is 0.177. The zero-order chi connectivity index (χ0) is 13.1. The van der Waals surface area contributed by atoms with E-state index >= 15 is 0 Å². The maximum absolute atomic E-state index is 9.39. The SMILES string of the molecule is Cc1ccc(N2CC(CO)NCCC2C)c(C)c1. The van der Waals surface area contributed by atoms with Gasteiger partial charge >= 0.3 is 0 Å². The molecule has 1 fully saturated rings. The molecule has 2 rings (SSSR count). The molecule has 1 saturated heterocycles. The van der Waals surface area contributed by atoms with Crippen molar-refractivity contribution in [1.82, 2.24) is 5.32 Å². The van der Waals surface area contributed by atoms with Gasteiger partial charge in [0.25, 0.3) is 0 Å². The first kappa shape index (κ1) is 13.4. The summed E-state index contributed by atoms with van der Waals surface area (Å²) in [7, 11) is 0. The van der Waals surface area contributed by atoms with Crippen molar-refractivity contribution >= 4 is 5.69 Å². The lowest BCUT2D eigenvalue weighted by atomic mass is 10.1. The molecule has 0 aliphatic carbocycles. The number of rotatable bonds is 2. The van der Waals surface area contributed by atoms with Gasteiger partial charge in [-0.25, -0.2) is 0 Å². The molecule has 0 aromatic heterocycles. The minimum atomic E-state index is 0.177. The zero-order valence-corrected chi connectivity index (χ0v) is 11.6. The summed E-state index contributed by atoms with van der Waals surface area (Å²) < 4.78 is 0. The Bertz CT molecular complexity index is 405. The Kier molecular flexibility index (Phi) is 4.25. The number of nitrogens with one attached hydrogen (secondary N) is 1. The quantitative estimate of drug-likeness (QED) is 0.838. The van der Waals surface area contributed by atoms with Crippen LogP contribution in [0.15, 0.2) is 18.2 Å². The number of hydrogen-bond donors (Lipinski definition) is 2. The Hall–Kier alpha value is -1.06. The maximum atomic E-state index is 9.39. The van der Waals surface area contributed by atoms with E-state index in [4.69, 9.17) is 0 Å². The van der Waals surface area contributed by atoms with E-state index in [-0.39, 0.29) is 12.6 Å². The molecule has 3 heteroatoms. The second-order valence-electron chi connectivity index (χ2n) is 5.41. The lowest BCUT2D eigenvalue weighted by molar-refractivity contribution is 0.248. The Balaban J connectivity index is 2.27. The van der Waals surface area contributed by atoms with Gasteiger partial charge in [-0.2, -0.15) is 0 Å². The van der Waals surface area contributed by atoms with E-state index in [1.54, 1.807) is 0 Å². The largest absolute Gasteiger partial charge is 0.395 e. The van der Waals surface area contributed by atoms with Gasteiger partial charge in [0.05, 0.1) is 6.61 Å². The average molecular weight is 248 g/mol. The fourth-order valence-corrected chi connectivity index (χ4v) is 2.72. The van der Waals surface area contributed by atoms with E-state index in [1.165, 1.54) is 16.8 Å². The molecule has 2 atom stereocenters. The van der Waals surface area contributed by atoms with Gasteiger partial charge in [-0.15, -0.1) is 0 Å². The van der Waals surface area contributed by atoms with Crippen molar-refractivity contribution in [2.24, 2.45) is 0 Å². The second-order valence-corrected chi connectivity index (χ2v) is 5.41. The van der Waals surface area contributed by atoms with E-state index in [0.29, 0.717) is 6.04 Å². The summed E-state index contributed by atoms with van der Waals surface area (Å²) in [5.74, 6) is 0. The van der Waals surface area contributed by atoms with Crippen LogP contribution in [0.5, 0.6) is 0 Å². The summed E-state index contributed by atoms with van der Waals surface area (Å²) in [5, 5.41) is 12.8. The molecular weight excluding hydrogens is 224 g/mol. The topological polar surface area (TPSA) is 35.5 Å². The summed E-state index contributed by atoms with van der Waals surface area (Å²) in [6, 6.07) is 7.29. The molecule has 1 aliphatic rings. The molecular formula is C15H24N2O. The Labute approximate surface area is 110 Å². The van der Waals surface area contributed by atoms with Gasteiger partial charge in [0.15, 0.2) is 0 Å². The van der Waals surface area contributed by atoms with Gasteiger partial charge in [0.2, 0.25) is 0 Å². The molecule has 0 bridgehead atoms. The highest BCUT2D eigenvalue weighted by molar-refractivity contribution is 5.55. The van der Waals surface area contributed by atoms with Crippen LogP contribution in [0.3, 0.4) is 0 Å². The third-order valence-electron chi connectivity index (χ3n) is 3.83. The first-order valence-electron chi connectivity index (χ1n) is 6.80. The van der Waals surface area contributed by atoms with Crippen LogP contribution in [0.1, 0.15) is 24.5 Å². The van der Waals surface area contributed by atoms with E-state index in [9.17, 15) is 5.11 Å². The molecule has 1 aromatic carbocycles. The number of aryl methyl sites for hydroxylation is 2. The highest BCUT2D eigenvalue weighted by Crippen LogP contribution is 2.25. The molecule has 1 aromatic rings. The number of anilines is 1. The summed E-state index contributed by atoms with van der Waals surface area (Å²) >= 11 is 0. The normalized spacial score (nSPS) is 25.0. The highest BCUT2D eigenvalue weighted by atomic mass is 16.3. The first-order valence-corrected chi connectivity index (χ1v) is 6.80. The third kappa shape index (κ3) is 2.85. The molecule has 1 heterocycles. The van der Waals surface area contributed by atoms with Crippen LogP contribution in [0.2, 0.25) is 0 Å². The van der Waals surface area contributed by atoms with Crippen molar-refractivity contribution in [1.29, 1.82) is 0 Å². The van der Waals surface area contributed by atoms with Gasteiger partial charge in [-0.3, -0.25) is 0 Å². The Morgan fingerprint density at radius 1 is 1.39 bits per heavy atom. The minimum Gasteiger partial charge on any atom is -0.395 e. The first-order chi connectivity index (χ1) is 8.61. The zero-order valence-electron chi connectivity index (χ0n) is 11.6. The van der Waals surface area contributed by atoms with Crippen LogP contribution in [0, 0.1) is 13.8 Å². The monoisotopic (exact) mass is 248 g/mol. The molecule has 3 nitrogen and oxygen atoms in total. The van der Waals surface area contributed by atoms with Gasteiger partial charge < -0.3 is 15.3 Å². The van der Waals surface area contributed by atoms with Gasteiger partial charge in [-0.05, 0) is 45.4 Å². The molecule has 100 valence electrons. The number of hydrogen-bond acceptors (Lipinski definition) is 3. The van der Waals surface area contributed by atoms with E-state index in [2.05, 4.69) is 49.2 Å². The van der Waals surface area contributed by atoms with Crippen LogP contribution < -0.4 is 10.2 Å². The standard InChI is InChI=1S/C15H24N2O/c1-11-4-5-15(12(2)8-11)17-9-14(10-18)16-7-6-13(17)3/h4-5,8,13-14,16,18H,6-7,9-10H2,1-3H3. The van der Waals surface area contributed by atoms with Crippen LogP contribution in [-0.4, -0.2) is 36.9 Å². The van der Waals surface area contributed by atoms with E-state index < -0.39 is 0 Å². The van der Waals surface area contributed by atoms with Crippen molar-refractivity contribution < 1.29 is 5.11 Å². The Morgan fingerprint density at radius 3 is 2.83 bits per heavy atom. The number of benzene rings is 1. The summed E-state index contributed by atoms with van der Waals surface area (Å²) in [6.45, 7) is 8.62. The van der Waals surface area contributed by atoms with Gasteiger partial charge in [0.1, 0.15) is 0 Å². The molecule has 2 N–H and O–H groups in total. The van der Waals surface area contributed by atoms with Crippen LogP contribution in [0.25, 0.3) is 0 Å². The number of nitrogens with zero attached hydrogens (tertiary/aromatic N) is 1. The number of aliphatic hydroxyl groups is 1. The van der Waals surface area contributed by atoms with Crippen molar-refractivity contribution in [3.63, 3.8) is 0 Å².